The summed E-state index contributed by atoms with van der Waals surface area (Å²) in [5, 5.41) is 31.8. The number of ether oxygens (including phenoxy) is 1. The number of hydrogen-bond donors (Lipinski definition) is 3. The van der Waals surface area contributed by atoms with E-state index in [2.05, 4.69) is 5.18 Å². The van der Waals surface area contributed by atoms with Gasteiger partial charge in [-0.3, -0.25) is 0 Å². The van der Waals surface area contributed by atoms with Gasteiger partial charge in [-0.05, 0) is 29.8 Å². The van der Waals surface area contributed by atoms with Crippen molar-refractivity contribution in [1.29, 1.82) is 0 Å². The number of nitroso groups, excluding NO2 is 1. The van der Waals surface area contributed by atoms with Gasteiger partial charge in [0, 0.05) is 11.5 Å². The van der Waals surface area contributed by atoms with Crippen LogP contribution in [0.2, 0.25) is 0 Å². The van der Waals surface area contributed by atoms with E-state index in [9.17, 15) is 20.2 Å². The lowest BCUT2D eigenvalue weighted by Gasteiger charge is -2.30. The van der Waals surface area contributed by atoms with Gasteiger partial charge in [0.1, 0.15) is 11.8 Å². The van der Waals surface area contributed by atoms with Gasteiger partial charge in [0.15, 0.2) is 11.5 Å². The number of benzene rings is 2. The molecule has 3 rings (SSSR count). The number of fused-ring (bicyclic) bond motifs is 1. The van der Waals surface area contributed by atoms with Gasteiger partial charge in [-0.1, -0.05) is 17.3 Å². The summed E-state index contributed by atoms with van der Waals surface area (Å²) in [4.78, 5) is 11.3. The van der Waals surface area contributed by atoms with Crippen LogP contribution in [0.5, 0.6) is 23.0 Å². The molecular formula is C15H13NO5. The Morgan fingerprint density at radius 1 is 1.05 bits per heavy atom. The Labute approximate surface area is 120 Å². The molecule has 2 aromatic carbocycles. The molecule has 1 heterocycles. The summed E-state index contributed by atoms with van der Waals surface area (Å²) in [6.45, 7) is 0.144. The van der Waals surface area contributed by atoms with Gasteiger partial charge in [0.25, 0.3) is 0 Å². The van der Waals surface area contributed by atoms with E-state index in [1.807, 2.05) is 0 Å². The lowest BCUT2D eigenvalue weighted by Crippen LogP contribution is -2.23. The number of rotatable bonds is 2. The number of aromatic hydroxyl groups is 3. The second-order valence-electron chi connectivity index (χ2n) is 4.91. The Morgan fingerprint density at radius 2 is 1.76 bits per heavy atom. The van der Waals surface area contributed by atoms with Crippen molar-refractivity contribution in [2.75, 3.05) is 6.61 Å². The van der Waals surface area contributed by atoms with E-state index in [1.165, 1.54) is 24.3 Å². The van der Waals surface area contributed by atoms with Crippen LogP contribution in [0.4, 0.5) is 0 Å². The molecule has 0 radical (unpaired) electrons. The van der Waals surface area contributed by atoms with Gasteiger partial charge in [0.2, 0.25) is 5.75 Å². The highest BCUT2D eigenvalue weighted by molar-refractivity contribution is 5.56. The molecule has 2 unspecified atom stereocenters. The molecule has 2 atom stereocenters. The van der Waals surface area contributed by atoms with Crippen LogP contribution < -0.4 is 4.74 Å². The van der Waals surface area contributed by atoms with Crippen LogP contribution >= 0.6 is 0 Å². The van der Waals surface area contributed by atoms with Gasteiger partial charge in [-0.25, -0.2) is 0 Å². The van der Waals surface area contributed by atoms with E-state index in [4.69, 9.17) is 4.74 Å². The maximum atomic E-state index is 11.3. The molecule has 1 aliphatic rings. The van der Waals surface area contributed by atoms with E-state index in [0.29, 0.717) is 5.56 Å². The van der Waals surface area contributed by atoms with Crippen LogP contribution in [0.15, 0.2) is 41.6 Å². The van der Waals surface area contributed by atoms with E-state index in [-0.39, 0.29) is 35.5 Å². The van der Waals surface area contributed by atoms with Gasteiger partial charge in [-0.15, -0.1) is 0 Å². The Bertz CT molecular complexity index is 683. The zero-order valence-corrected chi connectivity index (χ0v) is 10.9. The molecule has 6 nitrogen and oxygen atoms in total. The van der Waals surface area contributed by atoms with Crippen molar-refractivity contribution >= 4 is 0 Å². The van der Waals surface area contributed by atoms with Gasteiger partial charge in [0.05, 0.1) is 6.61 Å². The van der Waals surface area contributed by atoms with E-state index in [1.54, 1.807) is 12.1 Å². The molecule has 0 spiro atoms. The number of nitrogens with zero attached hydrogens (tertiary/aromatic N) is 1. The molecule has 6 heteroatoms. The number of phenols is 3. The Morgan fingerprint density at radius 3 is 2.43 bits per heavy atom. The predicted molar refractivity (Wildman–Crippen MR) is 74.7 cm³/mol. The highest BCUT2D eigenvalue weighted by Crippen LogP contribution is 2.49. The van der Waals surface area contributed by atoms with Crippen LogP contribution in [-0.4, -0.2) is 21.9 Å². The smallest absolute Gasteiger partial charge is 0.200 e. The summed E-state index contributed by atoms with van der Waals surface area (Å²) in [5.74, 6) is -0.782. The highest BCUT2D eigenvalue weighted by atomic mass is 16.5. The zero-order chi connectivity index (χ0) is 15.0. The second-order valence-corrected chi connectivity index (χ2v) is 4.91. The van der Waals surface area contributed by atoms with E-state index in [0.717, 1.165) is 5.56 Å². The van der Waals surface area contributed by atoms with E-state index < -0.39 is 6.04 Å². The Kier molecular flexibility index (Phi) is 3.13. The van der Waals surface area contributed by atoms with Gasteiger partial charge in [-0.2, -0.15) is 4.91 Å². The summed E-state index contributed by atoms with van der Waals surface area (Å²) in [6.07, 6.45) is 0. The van der Waals surface area contributed by atoms with Crippen LogP contribution in [0.1, 0.15) is 23.1 Å². The molecule has 0 fully saturated rings. The van der Waals surface area contributed by atoms with E-state index >= 15 is 0 Å². The molecule has 0 bridgehead atoms. The number of hydrogen-bond acceptors (Lipinski definition) is 6. The van der Waals surface area contributed by atoms with Crippen LogP contribution in [0.3, 0.4) is 0 Å². The molecule has 3 N–H and O–H groups in total. The summed E-state index contributed by atoms with van der Waals surface area (Å²) >= 11 is 0. The molecule has 2 aromatic rings. The molecule has 0 amide bonds. The Balaban J connectivity index is 2.04. The predicted octanol–water partition coefficient (Wildman–Crippen LogP) is 2.79. The van der Waals surface area contributed by atoms with Crippen molar-refractivity contribution in [2.45, 2.75) is 12.0 Å². The molecule has 21 heavy (non-hydrogen) atoms. The van der Waals surface area contributed by atoms with Crippen LogP contribution in [0.25, 0.3) is 0 Å². The van der Waals surface area contributed by atoms with Crippen LogP contribution in [-0.2, 0) is 0 Å². The third kappa shape index (κ3) is 2.14. The lowest BCUT2D eigenvalue weighted by molar-refractivity contribution is 0.226. The molecular weight excluding hydrogens is 274 g/mol. The summed E-state index contributed by atoms with van der Waals surface area (Å²) in [7, 11) is 0. The first-order valence-corrected chi connectivity index (χ1v) is 6.41. The molecule has 1 aliphatic heterocycles. The normalized spacial score (nSPS) is 20.4. The lowest BCUT2D eigenvalue weighted by atomic mass is 9.85. The van der Waals surface area contributed by atoms with Crippen molar-refractivity contribution in [2.24, 2.45) is 5.18 Å². The fraction of sp³-hybridized carbons (Fsp3) is 0.200. The number of phenolic OH excluding ortho intramolecular Hbond substituents is 3. The average molecular weight is 287 g/mol. The maximum absolute atomic E-state index is 11.3. The summed E-state index contributed by atoms with van der Waals surface area (Å²) < 4.78 is 5.49. The molecule has 0 aliphatic carbocycles. The van der Waals surface area contributed by atoms with Crippen molar-refractivity contribution in [1.82, 2.24) is 0 Å². The minimum Gasteiger partial charge on any atom is -0.508 e. The highest BCUT2D eigenvalue weighted by Gasteiger charge is 2.35. The van der Waals surface area contributed by atoms with Crippen LogP contribution in [0, 0.1) is 4.91 Å². The van der Waals surface area contributed by atoms with Crippen molar-refractivity contribution in [3.8, 4) is 23.0 Å². The van der Waals surface area contributed by atoms with Gasteiger partial charge < -0.3 is 20.1 Å². The standard InChI is InChI=1S/C15H13NO5/c17-9-3-1-8(2-4-9)11-7-21-15-10(13(11)16-20)5-6-12(18)14(15)19/h1-6,11,13,17-19H,7H2. The second kappa shape index (κ2) is 4.97. The monoisotopic (exact) mass is 287 g/mol. The average Bonchev–Trinajstić information content (AvgIpc) is 2.50. The summed E-state index contributed by atoms with van der Waals surface area (Å²) in [5.41, 5.74) is 1.24. The first kappa shape index (κ1) is 13.2. The fourth-order valence-corrected chi connectivity index (χ4v) is 2.57. The first-order chi connectivity index (χ1) is 10.1. The largest absolute Gasteiger partial charge is 0.508 e. The minimum absolute atomic E-state index is 0.0922. The zero-order valence-electron chi connectivity index (χ0n) is 10.9. The summed E-state index contributed by atoms with van der Waals surface area (Å²) in [6, 6.07) is 8.55. The van der Waals surface area contributed by atoms with Crippen molar-refractivity contribution in [3.05, 3.63) is 52.4 Å². The Hall–Kier alpha value is -2.76. The third-order valence-corrected chi connectivity index (χ3v) is 3.68. The van der Waals surface area contributed by atoms with Gasteiger partial charge >= 0.3 is 0 Å². The third-order valence-electron chi connectivity index (χ3n) is 3.68. The van der Waals surface area contributed by atoms with Crippen molar-refractivity contribution < 1.29 is 20.1 Å². The minimum atomic E-state index is -0.732. The molecule has 0 saturated carbocycles. The first-order valence-electron chi connectivity index (χ1n) is 6.41. The molecule has 0 saturated heterocycles. The quantitative estimate of drug-likeness (QED) is 0.582. The fourth-order valence-electron chi connectivity index (χ4n) is 2.57. The topological polar surface area (TPSA) is 99.4 Å². The SMILES string of the molecule is O=NC1c2ccc(O)c(O)c2OCC1c1ccc(O)cc1. The maximum Gasteiger partial charge on any atom is 0.200 e. The molecule has 108 valence electrons. The molecule has 0 aromatic heterocycles. The van der Waals surface area contributed by atoms with Crippen molar-refractivity contribution in [3.63, 3.8) is 0 Å².